The molecule has 0 N–H and O–H groups in total. The zero-order valence-corrected chi connectivity index (χ0v) is 13.1. The van der Waals surface area contributed by atoms with E-state index >= 15 is 0 Å². The Bertz CT molecular complexity index is 325. The molecule has 2 rings (SSSR count). The van der Waals surface area contributed by atoms with Gasteiger partial charge >= 0.3 is 0 Å². The molecule has 2 aliphatic heterocycles. The highest BCUT2D eigenvalue weighted by Crippen LogP contribution is 2.42. The van der Waals surface area contributed by atoms with Crippen molar-refractivity contribution in [2.24, 2.45) is 5.92 Å². The van der Waals surface area contributed by atoms with Crippen LogP contribution in [0.3, 0.4) is 0 Å². The monoisotopic (exact) mass is 284 g/mol. The quantitative estimate of drug-likeness (QED) is 0.755. The number of carbonyl (C=O) groups excluding carboxylic acids is 1. The predicted molar refractivity (Wildman–Crippen MR) is 77.7 cm³/mol. The molecule has 0 aromatic heterocycles. The second kappa shape index (κ2) is 6.87. The fraction of sp³-hybridized carbons (Fsp3) is 0.933. The lowest BCUT2D eigenvalue weighted by Gasteiger charge is -2.42. The minimum absolute atomic E-state index is 0.0518. The summed E-state index contributed by atoms with van der Waals surface area (Å²) < 4.78 is 11.3. The highest BCUT2D eigenvalue weighted by Gasteiger charge is 2.45. The van der Waals surface area contributed by atoms with Crippen molar-refractivity contribution in [1.29, 1.82) is 0 Å². The fourth-order valence-electron chi connectivity index (χ4n) is 3.43. The molecule has 1 atom stereocenters. The third-order valence-electron chi connectivity index (χ3n) is 4.83. The molecule has 2 fully saturated rings. The van der Waals surface area contributed by atoms with Gasteiger partial charge in [-0.2, -0.15) is 0 Å². The highest BCUT2D eigenvalue weighted by molar-refractivity contribution is 5.77. The van der Waals surface area contributed by atoms with E-state index in [1.54, 1.807) is 12.0 Å². The second-order valence-corrected chi connectivity index (χ2v) is 6.24. The van der Waals surface area contributed by atoms with Crippen LogP contribution in [0.5, 0.6) is 0 Å². The van der Waals surface area contributed by atoms with Crippen molar-refractivity contribution in [3.8, 4) is 0 Å². The van der Waals surface area contributed by atoms with E-state index in [0.717, 1.165) is 52.0 Å². The van der Waals surface area contributed by atoms with Crippen molar-refractivity contribution in [1.82, 2.24) is 9.80 Å². The number of hydrogen-bond donors (Lipinski definition) is 0. The van der Waals surface area contributed by atoms with E-state index in [4.69, 9.17) is 9.47 Å². The molecule has 0 unspecified atom stereocenters. The molecule has 0 aromatic carbocycles. The van der Waals surface area contributed by atoms with Crippen LogP contribution in [0.15, 0.2) is 0 Å². The van der Waals surface area contributed by atoms with E-state index in [-0.39, 0.29) is 11.5 Å². The van der Waals surface area contributed by atoms with E-state index in [2.05, 4.69) is 4.90 Å². The Labute approximate surface area is 122 Å². The number of likely N-dealkylation sites (N-methyl/N-ethyl adjacent to an activating group) is 1. The maximum absolute atomic E-state index is 11.8. The van der Waals surface area contributed by atoms with E-state index in [1.807, 2.05) is 14.1 Å². The molecule has 0 aromatic rings. The number of carbonyl (C=O) groups is 1. The summed E-state index contributed by atoms with van der Waals surface area (Å²) in [6, 6.07) is 0. The first-order valence-corrected chi connectivity index (χ1v) is 7.63. The van der Waals surface area contributed by atoms with Gasteiger partial charge in [0.25, 0.3) is 0 Å². The highest BCUT2D eigenvalue weighted by atomic mass is 16.5. The van der Waals surface area contributed by atoms with E-state index in [1.165, 1.54) is 0 Å². The first-order valence-electron chi connectivity index (χ1n) is 7.63. The van der Waals surface area contributed by atoms with E-state index in [0.29, 0.717) is 12.5 Å². The average molecular weight is 284 g/mol. The van der Waals surface area contributed by atoms with Crippen LogP contribution < -0.4 is 0 Å². The molecule has 0 radical (unpaired) electrons. The predicted octanol–water partition coefficient (Wildman–Crippen LogP) is 0.982. The third-order valence-corrected chi connectivity index (χ3v) is 4.83. The van der Waals surface area contributed by atoms with Crippen LogP contribution in [-0.4, -0.2) is 75.4 Å². The maximum Gasteiger partial charge on any atom is 0.236 e. The van der Waals surface area contributed by atoms with Gasteiger partial charge < -0.3 is 14.4 Å². The summed E-state index contributed by atoms with van der Waals surface area (Å²) in [7, 11) is 5.39. The molecule has 0 aliphatic carbocycles. The normalized spacial score (nSPS) is 26.1. The molecular weight excluding hydrogens is 256 g/mol. The van der Waals surface area contributed by atoms with Crippen molar-refractivity contribution in [2.45, 2.75) is 31.3 Å². The number of rotatable bonds is 5. The molecule has 5 nitrogen and oxygen atoms in total. The van der Waals surface area contributed by atoms with Gasteiger partial charge in [-0.25, -0.2) is 0 Å². The minimum atomic E-state index is 0.0518. The van der Waals surface area contributed by atoms with Crippen LogP contribution in [0.2, 0.25) is 0 Å². The molecular formula is C15H28N2O3. The molecule has 1 spiro atoms. The Balaban J connectivity index is 1.84. The summed E-state index contributed by atoms with van der Waals surface area (Å²) in [5.74, 6) is 0.804. The number of likely N-dealkylation sites (tertiary alicyclic amines) is 1. The van der Waals surface area contributed by atoms with Crippen molar-refractivity contribution in [3.63, 3.8) is 0 Å². The number of amides is 1. The SMILES string of the molecule is COCC[C@H]1CCOC12CCN(CC(=O)N(C)C)CC2. The lowest BCUT2D eigenvalue weighted by Crippen LogP contribution is -2.50. The molecule has 2 aliphatic rings. The van der Waals surface area contributed by atoms with Gasteiger partial charge in [0.15, 0.2) is 0 Å². The molecule has 20 heavy (non-hydrogen) atoms. The number of ether oxygens (including phenoxy) is 2. The van der Waals surface area contributed by atoms with Crippen molar-refractivity contribution < 1.29 is 14.3 Å². The van der Waals surface area contributed by atoms with Crippen molar-refractivity contribution in [3.05, 3.63) is 0 Å². The summed E-state index contributed by atoms with van der Waals surface area (Å²) in [5.41, 5.74) is 0.0518. The van der Waals surface area contributed by atoms with Gasteiger partial charge in [-0.3, -0.25) is 9.69 Å². The summed E-state index contributed by atoms with van der Waals surface area (Å²) >= 11 is 0. The topological polar surface area (TPSA) is 42.0 Å². The number of piperidine rings is 1. The van der Waals surface area contributed by atoms with Gasteiger partial charge in [0.05, 0.1) is 12.1 Å². The molecule has 0 bridgehead atoms. The average Bonchev–Trinajstić information content (AvgIpc) is 2.81. The Kier molecular flexibility index (Phi) is 5.41. The van der Waals surface area contributed by atoms with E-state index in [9.17, 15) is 4.79 Å². The van der Waals surface area contributed by atoms with Gasteiger partial charge in [0, 0.05) is 47.5 Å². The van der Waals surface area contributed by atoms with Crippen LogP contribution in [-0.2, 0) is 14.3 Å². The molecule has 116 valence electrons. The van der Waals surface area contributed by atoms with Gasteiger partial charge in [0.1, 0.15) is 0 Å². The molecule has 1 amide bonds. The number of hydrogen-bond acceptors (Lipinski definition) is 4. The fourth-order valence-corrected chi connectivity index (χ4v) is 3.43. The van der Waals surface area contributed by atoms with Crippen LogP contribution in [0.4, 0.5) is 0 Å². The minimum Gasteiger partial charge on any atom is -0.385 e. The van der Waals surface area contributed by atoms with Crippen LogP contribution in [0.25, 0.3) is 0 Å². The van der Waals surface area contributed by atoms with Crippen LogP contribution in [0.1, 0.15) is 25.7 Å². The lowest BCUT2D eigenvalue weighted by atomic mass is 9.78. The zero-order valence-electron chi connectivity index (χ0n) is 13.1. The third kappa shape index (κ3) is 3.51. The van der Waals surface area contributed by atoms with Gasteiger partial charge in [0.2, 0.25) is 5.91 Å². The smallest absolute Gasteiger partial charge is 0.236 e. The lowest BCUT2D eigenvalue weighted by molar-refractivity contribution is -0.131. The summed E-state index contributed by atoms with van der Waals surface area (Å²) in [4.78, 5) is 15.7. The summed E-state index contributed by atoms with van der Waals surface area (Å²) in [6.45, 7) is 4.15. The molecule has 0 saturated carbocycles. The first kappa shape index (κ1) is 15.7. The number of methoxy groups -OCH3 is 1. The van der Waals surface area contributed by atoms with Crippen LogP contribution >= 0.6 is 0 Å². The standard InChI is InChI=1S/C15H28N2O3/c1-16(2)14(18)12-17-8-6-15(7-9-17)13(4-10-19-3)5-11-20-15/h13H,4-12H2,1-3H3/t13-/m0/s1. The van der Waals surface area contributed by atoms with Crippen LogP contribution in [0, 0.1) is 5.92 Å². The maximum atomic E-state index is 11.8. The van der Waals surface area contributed by atoms with Crippen molar-refractivity contribution in [2.75, 3.05) is 54.1 Å². The van der Waals surface area contributed by atoms with Gasteiger partial charge in [-0.15, -0.1) is 0 Å². The Morgan fingerprint density at radius 3 is 2.70 bits per heavy atom. The Hall–Kier alpha value is -0.650. The second-order valence-electron chi connectivity index (χ2n) is 6.24. The summed E-state index contributed by atoms with van der Waals surface area (Å²) in [6.07, 6.45) is 4.33. The van der Waals surface area contributed by atoms with Crippen molar-refractivity contribution >= 4 is 5.91 Å². The molecule has 5 heteroatoms. The van der Waals surface area contributed by atoms with E-state index < -0.39 is 0 Å². The largest absolute Gasteiger partial charge is 0.385 e. The zero-order chi connectivity index (χ0) is 14.6. The first-order chi connectivity index (χ1) is 9.57. The summed E-state index contributed by atoms with van der Waals surface area (Å²) in [5, 5.41) is 0. The molecule has 2 saturated heterocycles. The van der Waals surface area contributed by atoms with Gasteiger partial charge in [-0.05, 0) is 31.6 Å². The Morgan fingerprint density at radius 1 is 1.40 bits per heavy atom. The number of nitrogens with zero attached hydrogens (tertiary/aromatic N) is 2. The Morgan fingerprint density at radius 2 is 2.10 bits per heavy atom. The van der Waals surface area contributed by atoms with Gasteiger partial charge in [-0.1, -0.05) is 0 Å². The molecule has 2 heterocycles.